The molecular weight excluding hydrogens is 314 g/mol. The van der Waals surface area contributed by atoms with Crippen LogP contribution in [0.3, 0.4) is 0 Å². The van der Waals surface area contributed by atoms with E-state index in [1.165, 1.54) is 15.6 Å². The van der Waals surface area contributed by atoms with E-state index in [9.17, 15) is 8.42 Å². The Morgan fingerprint density at radius 2 is 2.00 bits per heavy atom. The van der Waals surface area contributed by atoms with E-state index >= 15 is 0 Å². The molecule has 1 saturated heterocycles. The van der Waals surface area contributed by atoms with Gasteiger partial charge in [0.25, 0.3) is 0 Å². The van der Waals surface area contributed by atoms with Crippen LogP contribution in [0, 0.1) is 6.92 Å². The summed E-state index contributed by atoms with van der Waals surface area (Å²) in [5.41, 5.74) is 3.60. The van der Waals surface area contributed by atoms with Crippen molar-refractivity contribution in [3.8, 4) is 0 Å². The maximum Gasteiger partial charge on any atom is 0.243 e. The van der Waals surface area contributed by atoms with Gasteiger partial charge in [0.2, 0.25) is 10.0 Å². The van der Waals surface area contributed by atoms with Crippen molar-refractivity contribution in [1.29, 1.82) is 0 Å². The van der Waals surface area contributed by atoms with Crippen LogP contribution in [0.15, 0.2) is 23.1 Å². The Kier molecular flexibility index (Phi) is 3.68. The van der Waals surface area contributed by atoms with Crippen LogP contribution in [0.25, 0.3) is 10.9 Å². The third-order valence-corrected chi connectivity index (χ3v) is 6.73. The van der Waals surface area contributed by atoms with Gasteiger partial charge in [-0.1, -0.05) is 0 Å². The second kappa shape index (κ2) is 5.59. The average Bonchev–Trinajstić information content (AvgIpc) is 2.88. The van der Waals surface area contributed by atoms with Crippen molar-refractivity contribution < 1.29 is 13.2 Å². The molecule has 0 radical (unpaired) electrons. The molecule has 0 aliphatic carbocycles. The van der Waals surface area contributed by atoms with E-state index in [1.54, 1.807) is 6.07 Å². The standard InChI is InChI=1S/C16H21N3O3S/c1-12-14-10-13(23(20,21)18-6-8-22-9-7-18)2-3-16(14)19-11-17-5-4-15(12)19/h2-3,10,17H,4-9,11H2,1H3. The third kappa shape index (κ3) is 2.39. The highest BCUT2D eigenvalue weighted by atomic mass is 32.2. The molecule has 1 aromatic carbocycles. The van der Waals surface area contributed by atoms with Gasteiger partial charge in [-0.25, -0.2) is 8.42 Å². The first-order chi connectivity index (χ1) is 11.1. The Morgan fingerprint density at radius 3 is 2.78 bits per heavy atom. The van der Waals surface area contributed by atoms with Crippen molar-refractivity contribution in [1.82, 2.24) is 14.2 Å². The van der Waals surface area contributed by atoms with Gasteiger partial charge in [0.1, 0.15) is 0 Å². The number of nitrogens with zero attached hydrogens (tertiary/aromatic N) is 2. The summed E-state index contributed by atoms with van der Waals surface area (Å²) >= 11 is 0. The van der Waals surface area contributed by atoms with Gasteiger partial charge < -0.3 is 9.30 Å². The molecule has 2 aromatic rings. The van der Waals surface area contributed by atoms with Gasteiger partial charge in [-0.05, 0) is 30.7 Å². The smallest absolute Gasteiger partial charge is 0.243 e. The van der Waals surface area contributed by atoms with E-state index in [0.717, 1.165) is 30.5 Å². The predicted molar refractivity (Wildman–Crippen MR) is 88.0 cm³/mol. The number of hydrogen-bond donors (Lipinski definition) is 1. The lowest BCUT2D eigenvalue weighted by Gasteiger charge is -2.26. The third-order valence-electron chi connectivity index (χ3n) is 4.84. The Balaban J connectivity index is 1.81. The van der Waals surface area contributed by atoms with Crippen molar-refractivity contribution in [3.05, 3.63) is 29.5 Å². The summed E-state index contributed by atoms with van der Waals surface area (Å²) in [5, 5.41) is 4.41. The highest BCUT2D eigenvalue weighted by Gasteiger charge is 2.27. The van der Waals surface area contributed by atoms with E-state index in [1.807, 2.05) is 12.1 Å². The van der Waals surface area contributed by atoms with Gasteiger partial charge in [0, 0.05) is 42.7 Å². The van der Waals surface area contributed by atoms with Crippen molar-refractivity contribution in [3.63, 3.8) is 0 Å². The van der Waals surface area contributed by atoms with E-state index in [4.69, 9.17) is 4.74 Å². The van der Waals surface area contributed by atoms with Gasteiger partial charge in [-0.3, -0.25) is 5.32 Å². The first kappa shape index (κ1) is 15.1. The molecule has 4 rings (SSSR count). The monoisotopic (exact) mass is 335 g/mol. The molecule has 0 amide bonds. The molecule has 0 spiro atoms. The van der Waals surface area contributed by atoms with E-state index in [-0.39, 0.29) is 0 Å². The van der Waals surface area contributed by atoms with Gasteiger partial charge in [0.05, 0.1) is 24.8 Å². The number of aryl methyl sites for hydroxylation is 1. The van der Waals surface area contributed by atoms with Gasteiger partial charge in [-0.2, -0.15) is 4.31 Å². The number of rotatable bonds is 2. The number of ether oxygens (including phenoxy) is 1. The van der Waals surface area contributed by atoms with Crippen LogP contribution in [0.2, 0.25) is 0 Å². The molecule has 3 heterocycles. The summed E-state index contributed by atoms with van der Waals surface area (Å²) < 4.78 is 34.7. The summed E-state index contributed by atoms with van der Waals surface area (Å²) in [7, 11) is -3.44. The van der Waals surface area contributed by atoms with Crippen LogP contribution >= 0.6 is 0 Å². The molecule has 0 saturated carbocycles. The van der Waals surface area contributed by atoms with Crippen LogP contribution < -0.4 is 5.32 Å². The Bertz CT molecular complexity index is 851. The Hall–Kier alpha value is -1.41. The first-order valence-electron chi connectivity index (χ1n) is 7.99. The van der Waals surface area contributed by atoms with Crippen LogP contribution in [0.5, 0.6) is 0 Å². The van der Waals surface area contributed by atoms with Crippen LogP contribution in [-0.2, 0) is 27.8 Å². The molecule has 0 atom stereocenters. The molecule has 1 N–H and O–H groups in total. The Morgan fingerprint density at radius 1 is 1.22 bits per heavy atom. The summed E-state index contributed by atoms with van der Waals surface area (Å²) in [6.45, 7) is 5.63. The van der Waals surface area contributed by atoms with E-state index in [2.05, 4.69) is 16.8 Å². The molecule has 1 fully saturated rings. The Labute approximate surface area is 136 Å². The quantitative estimate of drug-likeness (QED) is 0.892. The number of benzene rings is 1. The molecule has 0 unspecified atom stereocenters. The zero-order valence-electron chi connectivity index (χ0n) is 13.2. The maximum atomic E-state index is 12.8. The molecule has 6 nitrogen and oxygen atoms in total. The van der Waals surface area contributed by atoms with Crippen molar-refractivity contribution in [2.45, 2.75) is 24.9 Å². The van der Waals surface area contributed by atoms with Gasteiger partial charge >= 0.3 is 0 Å². The lowest BCUT2D eigenvalue weighted by atomic mass is 10.1. The number of nitrogens with one attached hydrogen (secondary N) is 1. The first-order valence-corrected chi connectivity index (χ1v) is 9.43. The highest BCUT2D eigenvalue weighted by molar-refractivity contribution is 7.89. The topological polar surface area (TPSA) is 63.6 Å². The summed E-state index contributed by atoms with van der Waals surface area (Å²) in [6, 6.07) is 5.50. The predicted octanol–water partition coefficient (Wildman–Crippen LogP) is 1.07. The zero-order valence-corrected chi connectivity index (χ0v) is 14.0. The SMILES string of the molecule is Cc1c2n(c3ccc(S(=O)(=O)N4CCOCC4)cc13)CNCC2. The molecule has 2 aliphatic heterocycles. The second-order valence-electron chi connectivity index (χ2n) is 6.10. The lowest BCUT2D eigenvalue weighted by Crippen LogP contribution is -2.40. The minimum absolute atomic E-state index is 0.380. The lowest BCUT2D eigenvalue weighted by molar-refractivity contribution is 0.0730. The summed E-state index contributed by atoms with van der Waals surface area (Å²) in [6.07, 6.45) is 0.978. The fourth-order valence-corrected chi connectivity index (χ4v) is 4.99. The maximum absolute atomic E-state index is 12.8. The molecule has 124 valence electrons. The molecule has 0 bridgehead atoms. The minimum atomic E-state index is -3.44. The molecule has 7 heteroatoms. The fourth-order valence-electron chi connectivity index (χ4n) is 3.55. The summed E-state index contributed by atoms with van der Waals surface area (Å²) in [4.78, 5) is 0.380. The largest absolute Gasteiger partial charge is 0.379 e. The van der Waals surface area contributed by atoms with Crippen LogP contribution in [0.4, 0.5) is 0 Å². The second-order valence-corrected chi connectivity index (χ2v) is 8.04. The number of morpholine rings is 1. The van der Waals surface area contributed by atoms with Gasteiger partial charge in [-0.15, -0.1) is 0 Å². The normalized spacial score (nSPS) is 19.9. The average molecular weight is 335 g/mol. The van der Waals surface area contributed by atoms with Crippen molar-refractivity contribution in [2.24, 2.45) is 0 Å². The van der Waals surface area contributed by atoms with Crippen molar-refractivity contribution >= 4 is 20.9 Å². The molecular formula is C16H21N3O3S. The highest BCUT2D eigenvalue weighted by Crippen LogP contribution is 2.30. The fraction of sp³-hybridized carbons (Fsp3) is 0.500. The van der Waals surface area contributed by atoms with Gasteiger partial charge in [0.15, 0.2) is 0 Å². The van der Waals surface area contributed by atoms with Crippen LogP contribution in [0.1, 0.15) is 11.3 Å². The molecule has 2 aliphatic rings. The molecule has 1 aromatic heterocycles. The van der Waals surface area contributed by atoms with E-state index < -0.39 is 10.0 Å². The minimum Gasteiger partial charge on any atom is -0.379 e. The number of aromatic nitrogens is 1. The van der Waals surface area contributed by atoms with Crippen LogP contribution in [-0.4, -0.2) is 50.1 Å². The van der Waals surface area contributed by atoms with E-state index in [0.29, 0.717) is 31.2 Å². The zero-order chi connectivity index (χ0) is 16.0. The van der Waals surface area contributed by atoms with Crippen molar-refractivity contribution in [2.75, 3.05) is 32.8 Å². The number of sulfonamides is 1. The summed E-state index contributed by atoms with van der Waals surface area (Å²) in [5.74, 6) is 0. The number of hydrogen-bond acceptors (Lipinski definition) is 4. The molecule has 23 heavy (non-hydrogen) atoms. The number of fused-ring (bicyclic) bond motifs is 3.